The number of ether oxygens (including phenoxy) is 1. The maximum Gasteiger partial charge on any atom is 0.182 e. The van der Waals surface area contributed by atoms with Gasteiger partial charge in [-0.25, -0.2) is 8.78 Å². The molecule has 4 aliphatic rings. The highest BCUT2D eigenvalue weighted by Gasteiger charge is 2.50. The van der Waals surface area contributed by atoms with Gasteiger partial charge in [0, 0.05) is 46.9 Å². The van der Waals surface area contributed by atoms with Crippen molar-refractivity contribution in [3.8, 4) is 0 Å². The van der Waals surface area contributed by atoms with E-state index in [0.717, 1.165) is 16.8 Å². The van der Waals surface area contributed by atoms with E-state index < -0.39 is 5.41 Å². The van der Waals surface area contributed by atoms with Gasteiger partial charge >= 0.3 is 0 Å². The molecular weight excluding hydrogens is 360 g/mol. The third-order valence-corrected chi connectivity index (χ3v) is 6.44. The topological polar surface area (TPSA) is 29.5 Å². The van der Waals surface area contributed by atoms with Crippen LogP contribution in [0.2, 0.25) is 0 Å². The van der Waals surface area contributed by atoms with E-state index in [0.29, 0.717) is 41.1 Å². The molecular formula is C23H21F2NO2. The molecule has 0 fully saturated rings. The molecule has 28 heavy (non-hydrogen) atoms. The smallest absolute Gasteiger partial charge is 0.182 e. The van der Waals surface area contributed by atoms with Crippen LogP contribution in [0.4, 0.5) is 14.5 Å². The number of nitrogens with zero attached hydrogens (tertiary/aromatic N) is 1. The largest absolute Gasteiger partial charge is 0.485 e. The van der Waals surface area contributed by atoms with Crippen molar-refractivity contribution in [1.82, 2.24) is 0 Å². The van der Waals surface area contributed by atoms with Gasteiger partial charge in [-0.3, -0.25) is 4.79 Å². The maximum atomic E-state index is 15.3. The molecule has 1 aromatic rings. The van der Waals surface area contributed by atoms with Gasteiger partial charge in [-0.05, 0) is 43.2 Å². The van der Waals surface area contributed by atoms with Crippen LogP contribution in [0.3, 0.4) is 0 Å². The predicted octanol–water partition coefficient (Wildman–Crippen LogP) is 4.69. The number of hydrogen-bond acceptors (Lipinski definition) is 3. The molecule has 0 bridgehead atoms. The minimum absolute atomic E-state index is 0.0932. The predicted molar refractivity (Wildman–Crippen MR) is 103 cm³/mol. The van der Waals surface area contributed by atoms with Crippen LogP contribution in [0.5, 0.6) is 0 Å². The fourth-order valence-electron chi connectivity index (χ4n) is 4.93. The molecule has 0 saturated heterocycles. The van der Waals surface area contributed by atoms with Gasteiger partial charge < -0.3 is 9.64 Å². The van der Waals surface area contributed by atoms with Crippen LogP contribution < -0.4 is 4.90 Å². The average molecular weight is 381 g/mol. The van der Waals surface area contributed by atoms with Crippen molar-refractivity contribution in [2.75, 3.05) is 11.4 Å². The van der Waals surface area contributed by atoms with Crippen LogP contribution in [-0.2, 0) is 14.9 Å². The number of carbonyl (C=O) groups excluding carboxylic acids is 1. The van der Waals surface area contributed by atoms with Crippen LogP contribution in [0, 0.1) is 25.5 Å². The molecule has 0 amide bonds. The number of carbonyl (C=O) groups is 1. The Morgan fingerprint density at radius 2 is 1.82 bits per heavy atom. The van der Waals surface area contributed by atoms with Crippen LogP contribution >= 0.6 is 0 Å². The monoisotopic (exact) mass is 381 g/mol. The highest BCUT2D eigenvalue weighted by Crippen LogP contribution is 2.55. The van der Waals surface area contributed by atoms with Crippen molar-refractivity contribution in [3.05, 3.63) is 75.2 Å². The molecule has 0 N–H and O–H groups in total. The van der Waals surface area contributed by atoms with Crippen LogP contribution in [0.25, 0.3) is 0 Å². The van der Waals surface area contributed by atoms with E-state index in [1.807, 2.05) is 24.8 Å². The molecule has 1 aromatic carbocycles. The molecule has 1 atom stereocenters. The zero-order valence-electron chi connectivity index (χ0n) is 16.3. The summed E-state index contributed by atoms with van der Waals surface area (Å²) in [5.41, 5.74) is 3.46. The van der Waals surface area contributed by atoms with Crippen LogP contribution in [0.1, 0.15) is 37.0 Å². The first kappa shape index (κ1) is 17.4. The Bertz CT molecular complexity index is 1090. The number of rotatable bonds is 0. The lowest BCUT2D eigenvalue weighted by Gasteiger charge is -2.40. The van der Waals surface area contributed by atoms with E-state index >= 15 is 8.78 Å². The molecule has 1 unspecified atom stereocenters. The highest BCUT2D eigenvalue weighted by molar-refractivity contribution is 6.02. The number of benzene rings is 1. The van der Waals surface area contributed by atoms with Crippen molar-refractivity contribution in [3.63, 3.8) is 0 Å². The van der Waals surface area contributed by atoms with Gasteiger partial charge in [-0.15, -0.1) is 0 Å². The lowest BCUT2D eigenvalue weighted by atomic mass is 9.78. The highest BCUT2D eigenvalue weighted by atomic mass is 19.1. The summed E-state index contributed by atoms with van der Waals surface area (Å²) in [6, 6.07) is 0. The normalized spacial score (nSPS) is 24.1. The second-order valence-electron chi connectivity index (χ2n) is 8.42. The molecule has 0 saturated carbocycles. The van der Waals surface area contributed by atoms with E-state index in [2.05, 4.69) is 0 Å². The summed E-state index contributed by atoms with van der Waals surface area (Å²) in [6.07, 6.45) is 7.17. The fourth-order valence-corrected chi connectivity index (χ4v) is 4.93. The molecule has 3 nitrogen and oxygen atoms in total. The number of halogens is 2. The Kier molecular flexibility index (Phi) is 3.38. The van der Waals surface area contributed by atoms with Gasteiger partial charge in [0.2, 0.25) is 0 Å². The Morgan fingerprint density at radius 3 is 2.57 bits per heavy atom. The SMILES string of the molecule is Cc1c(C)c(F)c2c(c1F)N1CCC3OC4=CC(=O)C=CC4=CC3=C1C2(C)C. The summed E-state index contributed by atoms with van der Waals surface area (Å²) < 4.78 is 36.7. The zero-order chi connectivity index (χ0) is 20.0. The fraction of sp³-hybridized carbons (Fsp3) is 0.348. The first-order valence-corrected chi connectivity index (χ1v) is 9.55. The minimum atomic E-state index is -0.692. The standard InChI is InChI=1S/C23H21F2NO2/c1-11-12(2)20(25)21-18(19(11)24)23(3,4)22-15-9-13-5-6-14(27)10-17(13)28-16(15)7-8-26(21)22/h5-6,9-10,16H,7-8H2,1-4H3. The molecule has 0 radical (unpaired) electrons. The molecule has 5 rings (SSSR count). The second kappa shape index (κ2) is 5.43. The summed E-state index contributed by atoms with van der Waals surface area (Å²) >= 11 is 0. The van der Waals surface area contributed by atoms with Gasteiger partial charge in [0.15, 0.2) is 11.6 Å². The van der Waals surface area contributed by atoms with Crippen LogP contribution in [-0.4, -0.2) is 18.4 Å². The lowest BCUT2D eigenvalue weighted by Crippen LogP contribution is -2.39. The van der Waals surface area contributed by atoms with Gasteiger partial charge in [-0.1, -0.05) is 13.8 Å². The molecule has 3 heterocycles. The lowest BCUT2D eigenvalue weighted by molar-refractivity contribution is -0.110. The van der Waals surface area contributed by atoms with E-state index in [-0.39, 0.29) is 23.5 Å². The van der Waals surface area contributed by atoms with E-state index in [1.165, 1.54) is 12.2 Å². The summed E-state index contributed by atoms with van der Waals surface area (Å²) in [6.45, 7) is 7.69. The molecule has 0 spiro atoms. The van der Waals surface area contributed by atoms with Crippen LogP contribution in [0.15, 0.2) is 46.9 Å². The Balaban J connectivity index is 1.79. The van der Waals surface area contributed by atoms with E-state index in [1.54, 1.807) is 19.9 Å². The third-order valence-electron chi connectivity index (χ3n) is 6.44. The van der Waals surface area contributed by atoms with Crippen molar-refractivity contribution >= 4 is 11.5 Å². The van der Waals surface area contributed by atoms with Crippen molar-refractivity contribution in [1.29, 1.82) is 0 Å². The molecule has 144 valence electrons. The number of anilines is 1. The molecule has 1 aliphatic carbocycles. The number of ketones is 1. The molecule has 5 heteroatoms. The van der Waals surface area contributed by atoms with Gasteiger partial charge in [0.05, 0.1) is 5.69 Å². The summed E-state index contributed by atoms with van der Waals surface area (Å²) in [5, 5.41) is 0. The van der Waals surface area contributed by atoms with E-state index in [4.69, 9.17) is 4.74 Å². The Hall–Kier alpha value is -2.69. The van der Waals surface area contributed by atoms with Crippen molar-refractivity contribution in [2.45, 2.75) is 45.6 Å². The summed E-state index contributed by atoms with van der Waals surface area (Å²) in [5.74, 6) is -0.188. The quantitative estimate of drug-likeness (QED) is 0.653. The Morgan fingerprint density at radius 1 is 1.11 bits per heavy atom. The maximum absolute atomic E-state index is 15.3. The zero-order valence-corrected chi connectivity index (χ0v) is 16.3. The third kappa shape index (κ3) is 2.05. The second-order valence-corrected chi connectivity index (χ2v) is 8.42. The number of allylic oxidation sites excluding steroid dienone is 4. The summed E-state index contributed by atoms with van der Waals surface area (Å²) in [4.78, 5) is 13.6. The molecule has 0 aromatic heterocycles. The van der Waals surface area contributed by atoms with Gasteiger partial charge in [-0.2, -0.15) is 0 Å². The molecule has 3 aliphatic heterocycles. The van der Waals surface area contributed by atoms with Crippen molar-refractivity contribution in [2.24, 2.45) is 0 Å². The van der Waals surface area contributed by atoms with Crippen molar-refractivity contribution < 1.29 is 18.3 Å². The first-order valence-electron chi connectivity index (χ1n) is 9.55. The Labute approximate surface area is 162 Å². The number of fused-ring (bicyclic) bond motifs is 5. The average Bonchev–Trinajstić information content (AvgIpc) is 2.90. The first-order chi connectivity index (χ1) is 13.2. The van der Waals surface area contributed by atoms with E-state index in [9.17, 15) is 4.79 Å². The van der Waals surface area contributed by atoms with Gasteiger partial charge in [0.1, 0.15) is 17.7 Å². The minimum Gasteiger partial charge on any atom is -0.485 e. The number of hydrogen-bond donors (Lipinski definition) is 0. The van der Waals surface area contributed by atoms with Gasteiger partial charge in [0.25, 0.3) is 0 Å². The summed E-state index contributed by atoms with van der Waals surface area (Å²) in [7, 11) is 0.